The van der Waals surface area contributed by atoms with Crippen molar-refractivity contribution in [2.45, 2.75) is 13.5 Å². The van der Waals surface area contributed by atoms with Gasteiger partial charge < -0.3 is 14.7 Å². The van der Waals surface area contributed by atoms with Crippen molar-refractivity contribution in [3.63, 3.8) is 0 Å². The van der Waals surface area contributed by atoms with Crippen LogP contribution in [-0.4, -0.2) is 31.9 Å². The molecule has 4 heteroatoms. The molecule has 1 aromatic carbocycles. The number of halogens is 1. The zero-order chi connectivity index (χ0) is 12.0. The lowest BCUT2D eigenvalue weighted by Gasteiger charge is -2.22. The number of ether oxygens (including phenoxy) is 1. The van der Waals surface area contributed by atoms with Gasteiger partial charge in [0, 0.05) is 35.9 Å². The Morgan fingerprint density at radius 1 is 1.44 bits per heavy atom. The molecule has 0 aliphatic heterocycles. The Morgan fingerprint density at radius 2 is 2.19 bits per heavy atom. The number of hydrogen-bond donors (Lipinski definition) is 1. The molecule has 0 unspecified atom stereocenters. The van der Waals surface area contributed by atoms with Crippen molar-refractivity contribution in [1.29, 1.82) is 0 Å². The minimum Gasteiger partial charge on any atom is -0.392 e. The van der Waals surface area contributed by atoms with E-state index in [2.05, 4.69) is 20.8 Å². The average molecular weight is 288 g/mol. The van der Waals surface area contributed by atoms with E-state index in [1.807, 2.05) is 32.2 Å². The number of anilines is 1. The Bertz CT molecular complexity index is 331. The first kappa shape index (κ1) is 13.5. The van der Waals surface area contributed by atoms with Gasteiger partial charge >= 0.3 is 0 Å². The molecule has 0 fully saturated rings. The number of benzene rings is 1. The highest BCUT2D eigenvalue weighted by Gasteiger charge is 2.07. The summed E-state index contributed by atoms with van der Waals surface area (Å²) >= 11 is 3.44. The highest BCUT2D eigenvalue weighted by atomic mass is 79.9. The molecule has 0 aliphatic rings. The van der Waals surface area contributed by atoms with E-state index in [1.165, 1.54) is 0 Å². The number of nitrogens with zero attached hydrogens (tertiary/aromatic N) is 1. The van der Waals surface area contributed by atoms with Gasteiger partial charge in [0.25, 0.3) is 0 Å². The van der Waals surface area contributed by atoms with Crippen LogP contribution in [0.4, 0.5) is 5.69 Å². The minimum atomic E-state index is 0.0571. The van der Waals surface area contributed by atoms with E-state index in [4.69, 9.17) is 4.74 Å². The topological polar surface area (TPSA) is 32.7 Å². The van der Waals surface area contributed by atoms with E-state index in [0.29, 0.717) is 6.61 Å². The van der Waals surface area contributed by atoms with Crippen molar-refractivity contribution in [3.05, 3.63) is 28.2 Å². The second-order valence-electron chi connectivity index (χ2n) is 3.55. The fourth-order valence-corrected chi connectivity index (χ4v) is 1.84. The SMILES string of the molecule is CCOCCN(C)c1cc(Br)ccc1CO. The van der Waals surface area contributed by atoms with Crippen molar-refractivity contribution in [2.24, 2.45) is 0 Å². The van der Waals surface area contributed by atoms with Gasteiger partial charge in [-0.2, -0.15) is 0 Å². The van der Waals surface area contributed by atoms with Crippen molar-refractivity contribution >= 4 is 21.6 Å². The van der Waals surface area contributed by atoms with Gasteiger partial charge in [-0.05, 0) is 19.1 Å². The predicted octanol–water partition coefficient (Wildman–Crippen LogP) is 2.41. The molecule has 0 aliphatic carbocycles. The van der Waals surface area contributed by atoms with Gasteiger partial charge in [-0.1, -0.05) is 22.0 Å². The molecule has 3 nitrogen and oxygen atoms in total. The fraction of sp³-hybridized carbons (Fsp3) is 0.500. The maximum Gasteiger partial charge on any atom is 0.0702 e. The van der Waals surface area contributed by atoms with Gasteiger partial charge in [0.15, 0.2) is 0 Å². The molecule has 1 rings (SSSR count). The third kappa shape index (κ3) is 3.77. The molecule has 16 heavy (non-hydrogen) atoms. The normalized spacial score (nSPS) is 10.5. The molecular weight excluding hydrogens is 270 g/mol. The highest BCUT2D eigenvalue weighted by Crippen LogP contribution is 2.24. The Labute approximate surface area is 105 Å². The highest BCUT2D eigenvalue weighted by molar-refractivity contribution is 9.10. The first-order valence-corrected chi connectivity index (χ1v) is 6.16. The molecular formula is C12H18BrNO2. The lowest BCUT2D eigenvalue weighted by atomic mass is 10.2. The fourth-order valence-electron chi connectivity index (χ4n) is 1.49. The second kappa shape index (κ2) is 6.89. The number of likely N-dealkylation sites (N-methyl/N-ethyl adjacent to an activating group) is 1. The van der Waals surface area contributed by atoms with Crippen molar-refractivity contribution in [3.8, 4) is 0 Å². The quantitative estimate of drug-likeness (QED) is 0.816. The van der Waals surface area contributed by atoms with Crippen LogP contribution in [0, 0.1) is 0 Å². The van der Waals surface area contributed by atoms with Crippen LogP contribution in [0.5, 0.6) is 0 Å². The third-order valence-corrected chi connectivity index (χ3v) is 2.90. The predicted molar refractivity (Wildman–Crippen MR) is 69.8 cm³/mol. The lowest BCUT2D eigenvalue weighted by Crippen LogP contribution is -2.23. The maximum absolute atomic E-state index is 9.26. The molecule has 1 N–H and O–H groups in total. The zero-order valence-electron chi connectivity index (χ0n) is 9.74. The summed E-state index contributed by atoms with van der Waals surface area (Å²) in [6.07, 6.45) is 0. The average Bonchev–Trinajstić information content (AvgIpc) is 2.29. The third-order valence-electron chi connectivity index (χ3n) is 2.40. The van der Waals surface area contributed by atoms with E-state index in [9.17, 15) is 5.11 Å². The summed E-state index contributed by atoms with van der Waals surface area (Å²) in [4.78, 5) is 2.09. The Hall–Kier alpha value is -0.580. The molecule has 0 amide bonds. The number of aliphatic hydroxyl groups excluding tert-OH is 1. The molecule has 1 aromatic rings. The maximum atomic E-state index is 9.26. The van der Waals surface area contributed by atoms with E-state index in [0.717, 1.165) is 28.9 Å². The van der Waals surface area contributed by atoms with Crippen LogP contribution in [0.25, 0.3) is 0 Å². The molecule has 0 atom stereocenters. The van der Waals surface area contributed by atoms with Gasteiger partial charge in [-0.25, -0.2) is 0 Å². The molecule has 0 saturated carbocycles. The molecule has 0 saturated heterocycles. The standard InChI is InChI=1S/C12H18BrNO2/c1-3-16-7-6-14(2)12-8-11(13)5-4-10(12)9-15/h4-5,8,15H,3,6-7,9H2,1-2H3. The van der Waals surface area contributed by atoms with Gasteiger partial charge in [-0.15, -0.1) is 0 Å². The Kier molecular flexibility index (Phi) is 5.80. The van der Waals surface area contributed by atoms with Crippen LogP contribution in [0.3, 0.4) is 0 Å². The van der Waals surface area contributed by atoms with Crippen LogP contribution >= 0.6 is 15.9 Å². The summed E-state index contributed by atoms with van der Waals surface area (Å²) in [5.74, 6) is 0. The van der Waals surface area contributed by atoms with Crippen molar-refractivity contribution < 1.29 is 9.84 Å². The summed E-state index contributed by atoms with van der Waals surface area (Å²) in [6, 6.07) is 5.87. The number of aliphatic hydroxyl groups is 1. The molecule has 0 spiro atoms. The smallest absolute Gasteiger partial charge is 0.0702 e. The van der Waals surface area contributed by atoms with Crippen LogP contribution in [-0.2, 0) is 11.3 Å². The van der Waals surface area contributed by atoms with Gasteiger partial charge in [0.2, 0.25) is 0 Å². The Balaban J connectivity index is 2.72. The van der Waals surface area contributed by atoms with Crippen molar-refractivity contribution in [1.82, 2.24) is 0 Å². The van der Waals surface area contributed by atoms with Crippen molar-refractivity contribution in [2.75, 3.05) is 31.7 Å². The molecule has 0 heterocycles. The van der Waals surface area contributed by atoms with Gasteiger partial charge in [0.1, 0.15) is 0 Å². The van der Waals surface area contributed by atoms with E-state index >= 15 is 0 Å². The second-order valence-corrected chi connectivity index (χ2v) is 4.47. The largest absolute Gasteiger partial charge is 0.392 e. The zero-order valence-corrected chi connectivity index (χ0v) is 11.3. The van der Waals surface area contributed by atoms with Gasteiger partial charge in [-0.3, -0.25) is 0 Å². The Morgan fingerprint density at radius 3 is 2.81 bits per heavy atom. The first-order chi connectivity index (χ1) is 7.69. The number of hydrogen-bond acceptors (Lipinski definition) is 3. The summed E-state index contributed by atoms with van der Waals surface area (Å²) < 4.78 is 6.33. The van der Waals surface area contributed by atoms with Gasteiger partial charge in [0.05, 0.1) is 13.2 Å². The van der Waals surface area contributed by atoms with E-state index < -0.39 is 0 Å². The van der Waals surface area contributed by atoms with Crippen LogP contribution < -0.4 is 4.90 Å². The monoisotopic (exact) mass is 287 g/mol. The summed E-state index contributed by atoms with van der Waals surface area (Å²) in [7, 11) is 2.00. The van der Waals surface area contributed by atoms with E-state index in [1.54, 1.807) is 0 Å². The molecule has 0 bridgehead atoms. The van der Waals surface area contributed by atoms with Crippen LogP contribution in [0.15, 0.2) is 22.7 Å². The summed E-state index contributed by atoms with van der Waals surface area (Å²) in [6.45, 7) is 4.29. The molecule has 0 radical (unpaired) electrons. The molecule has 90 valence electrons. The van der Waals surface area contributed by atoms with Crippen LogP contribution in [0.1, 0.15) is 12.5 Å². The number of rotatable bonds is 6. The first-order valence-electron chi connectivity index (χ1n) is 5.37. The van der Waals surface area contributed by atoms with Crippen LogP contribution in [0.2, 0.25) is 0 Å². The van der Waals surface area contributed by atoms with E-state index in [-0.39, 0.29) is 6.61 Å². The minimum absolute atomic E-state index is 0.0571. The lowest BCUT2D eigenvalue weighted by molar-refractivity contribution is 0.154. The summed E-state index contributed by atoms with van der Waals surface area (Å²) in [5.41, 5.74) is 1.97. The summed E-state index contributed by atoms with van der Waals surface area (Å²) in [5, 5.41) is 9.26. The molecule has 0 aromatic heterocycles.